The second-order valence-corrected chi connectivity index (χ2v) is 7.08. The first kappa shape index (κ1) is 13.2. The Morgan fingerprint density at radius 2 is 1.67 bits per heavy atom. The number of benzene rings is 2. The fraction of sp³-hybridized carbons (Fsp3) is 0.200. The molecule has 0 amide bonds. The fourth-order valence-electron chi connectivity index (χ4n) is 1.75. The first-order valence-corrected chi connectivity index (χ1v) is 8.46. The maximum atomic E-state index is 5.59. The average molecular weight is 275 g/mol. The Morgan fingerprint density at radius 1 is 1.00 bits per heavy atom. The zero-order valence-corrected chi connectivity index (χ0v) is 12.1. The third-order valence-electron chi connectivity index (χ3n) is 2.81. The molecule has 0 spiro atoms. The molecule has 18 heavy (non-hydrogen) atoms. The van der Waals surface area contributed by atoms with E-state index in [-0.39, 0.29) is 0 Å². The number of rotatable bonds is 5. The van der Waals surface area contributed by atoms with Crippen molar-refractivity contribution in [1.29, 1.82) is 0 Å². The molecule has 0 aliphatic carbocycles. The lowest BCUT2D eigenvalue weighted by Gasteiger charge is -2.00. The van der Waals surface area contributed by atoms with E-state index in [0.717, 1.165) is 18.3 Å². The van der Waals surface area contributed by atoms with Gasteiger partial charge in [-0.25, -0.2) is 0 Å². The molecule has 0 heterocycles. The summed E-state index contributed by atoms with van der Waals surface area (Å²) in [5, 5.41) is 1.30. The summed E-state index contributed by atoms with van der Waals surface area (Å²) in [4.78, 5) is 0. The van der Waals surface area contributed by atoms with Crippen LogP contribution in [0.3, 0.4) is 0 Å². The van der Waals surface area contributed by atoms with Gasteiger partial charge in [-0.05, 0) is 29.8 Å². The number of ether oxygens (including phenoxy) is 1. The van der Waals surface area contributed by atoms with Gasteiger partial charge in [-0.3, -0.25) is 0 Å². The molecule has 0 bridgehead atoms. The summed E-state index contributed by atoms with van der Waals surface area (Å²) in [5.41, 5.74) is 1.32. The molecule has 92 valence electrons. The van der Waals surface area contributed by atoms with Gasteiger partial charge in [0.25, 0.3) is 0 Å². The van der Waals surface area contributed by atoms with E-state index in [1.54, 1.807) is 7.11 Å². The Hall–Kier alpha value is -1.24. The summed E-state index contributed by atoms with van der Waals surface area (Å²) in [5.74, 6) is 0.905. The van der Waals surface area contributed by atoms with E-state index in [4.69, 9.17) is 16.5 Å². The highest BCUT2D eigenvalue weighted by Crippen LogP contribution is 2.22. The van der Waals surface area contributed by atoms with Crippen molar-refractivity contribution >= 4 is 23.8 Å². The topological polar surface area (TPSA) is 9.23 Å². The largest absolute Gasteiger partial charge is 0.497 e. The van der Waals surface area contributed by atoms with Gasteiger partial charge in [0.2, 0.25) is 6.70 Å². The molecule has 3 heteroatoms. The van der Waals surface area contributed by atoms with Crippen molar-refractivity contribution in [3.05, 3.63) is 60.2 Å². The molecule has 0 aliphatic heterocycles. The van der Waals surface area contributed by atoms with Gasteiger partial charge in [0.15, 0.2) is 17.1 Å². The normalized spacial score (nSPS) is 11.1. The molecule has 2 aromatic carbocycles. The highest BCUT2D eigenvalue weighted by atomic mass is 32.4. The van der Waals surface area contributed by atoms with Gasteiger partial charge in [0.1, 0.15) is 11.9 Å². The van der Waals surface area contributed by atoms with E-state index in [1.807, 2.05) is 18.2 Å². The van der Waals surface area contributed by atoms with E-state index in [0.29, 0.717) is 0 Å². The van der Waals surface area contributed by atoms with Gasteiger partial charge >= 0.3 is 0 Å². The molecule has 0 saturated heterocycles. The first-order chi connectivity index (χ1) is 8.79. The van der Waals surface area contributed by atoms with Gasteiger partial charge < -0.3 is 4.74 Å². The Morgan fingerprint density at radius 3 is 2.28 bits per heavy atom. The summed E-state index contributed by atoms with van der Waals surface area (Å²) in [6, 6.07) is 18.7. The van der Waals surface area contributed by atoms with E-state index in [9.17, 15) is 0 Å². The number of methoxy groups -OCH3 is 1. The van der Waals surface area contributed by atoms with Crippen LogP contribution in [0.25, 0.3) is 0 Å². The third kappa shape index (κ3) is 3.63. The Labute approximate surface area is 114 Å². The highest BCUT2D eigenvalue weighted by Gasteiger charge is 2.13. The van der Waals surface area contributed by atoms with Gasteiger partial charge in [0, 0.05) is 6.42 Å². The summed E-state index contributed by atoms with van der Waals surface area (Å²) >= 11 is 5.59. The number of hydrogen-bond donors (Lipinski definition) is 0. The predicted molar refractivity (Wildman–Crippen MR) is 81.9 cm³/mol. The minimum atomic E-state index is -0.459. The SMILES string of the molecule is COc1ccc(CC[P+](=S)c2ccccc2)cc1. The molecule has 0 saturated carbocycles. The molecule has 0 N–H and O–H groups in total. The number of aryl methyl sites for hydroxylation is 1. The van der Waals surface area contributed by atoms with Gasteiger partial charge in [-0.15, -0.1) is 0 Å². The minimum Gasteiger partial charge on any atom is -0.497 e. The van der Waals surface area contributed by atoms with Crippen molar-refractivity contribution in [3.63, 3.8) is 0 Å². The molecule has 0 aliphatic rings. The van der Waals surface area contributed by atoms with Crippen LogP contribution in [-0.2, 0) is 18.2 Å². The lowest BCUT2D eigenvalue weighted by molar-refractivity contribution is 0.414. The Bertz CT molecular complexity index is 508. The summed E-state index contributed by atoms with van der Waals surface area (Å²) < 4.78 is 5.15. The van der Waals surface area contributed by atoms with Crippen LogP contribution >= 0.6 is 6.70 Å². The molecule has 1 atom stereocenters. The van der Waals surface area contributed by atoms with Crippen LogP contribution in [0.5, 0.6) is 5.75 Å². The van der Waals surface area contributed by atoms with Crippen molar-refractivity contribution in [2.24, 2.45) is 0 Å². The van der Waals surface area contributed by atoms with E-state index in [1.165, 1.54) is 10.9 Å². The molecule has 0 fully saturated rings. The van der Waals surface area contributed by atoms with E-state index in [2.05, 4.69) is 36.4 Å². The van der Waals surface area contributed by atoms with Crippen molar-refractivity contribution in [2.75, 3.05) is 13.3 Å². The molecule has 2 rings (SSSR count). The summed E-state index contributed by atoms with van der Waals surface area (Å²) in [7, 11) is 1.69. The smallest absolute Gasteiger partial charge is 0.212 e. The molecule has 0 aromatic heterocycles. The molecule has 1 nitrogen and oxygen atoms in total. The zero-order valence-electron chi connectivity index (χ0n) is 10.4. The van der Waals surface area contributed by atoms with Crippen molar-refractivity contribution in [3.8, 4) is 5.75 Å². The summed E-state index contributed by atoms with van der Waals surface area (Å²) in [6.07, 6.45) is 2.09. The maximum Gasteiger partial charge on any atom is 0.212 e. The number of hydrogen-bond acceptors (Lipinski definition) is 2. The average Bonchev–Trinajstić information content (AvgIpc) is 2.46. The van der Waals surface area contributed by atoms with Crippen molar-refractivity contribution in [2.45, 2.75) is 6.42 Å². The lowest BCUT2D eigenvalue weighted by atomic mass is 10.2. The van der Waals surface area contributed by atoms with Crippen LogP contribution in [0.4, 0.5) is 0 Å². The standard InChI is InChI=1S/C15H16OPS/c1-16-14-9-7-13(8-10-14)11-12-17(18)15-5-3-2-4-6-15/h2-10H,11-12H2,1H3/q+1. The molecule has 1 unspecified atom stereocenters. The lowest BCUT2D eigenvalue weighted by Crippen LogP contribution is -1.99. The first-order valence-electron chi connectivity index (χ1n) is 5.92. The van der Waals surface area contributed by atoms with Gasteiger partial charge in [-0.1, -0.05) is 30.3 Å². The summed E-state index contributed by atoms with van der Waals surface area (Å²) in [6.45, 7) is -0.459. The van der Waals surface area contributed by atoms with E-state index < -0.39 is 6.70 Å². The monoisotopic (exact) mass is 275 g/mol. The molecular weight excluding hydrogens is 259 g/mol. The van der Waals surface area contributed by atoms with Crippen LogP contribution in [0.2, 0.25) is 0 Å². The van der Waals surface area contributed by atoms with Crippen molar-refractivity contribution in [1.82, 2.24) is 0 Å². The highest BCUT2D eigenvalue weighted by molar-refractivity contribution is 8.08. The van der Waals surface area contributed by atoms with Crippen LogP contribution in [-0.4, -0.2) is 13.3 Å². The van der Waals surface area contributed by atoms with Crippen molar-refractivity contribution < 1.29 is 4.74 Å². The fourth-order valence-corrected chi connectivity index (χ4v) is 3.61. The zero-order chi connectivity index (χ0) is 12.8. The third-order valence-corrected chi connectivity index (χ3v) is 5.49. The predicted octanol–water partition coefficient (Wildman–Crippen LogP) is 3.51. The molecule has 2 aromatic rings. The second kappa shape index (κ2) is 6.63. The second-order valence-electron chi connectivity index (χ2n) is 4.04. The van der Waals surface area contributed by atoms with Gasteiger partial charge in [0.05, 0.1) is 7.11 Å². The Balaban J connectivity index is 1.93. The van der Waals surface area contributed by atoms with Gasteiger partial charge in [-0.2, -0.15) is 0 Å². The van der Waals surface area contributed by atoms with E-state index >= 15 is 0 Å². The molecule has 0 radical (unpaired) electrons. The molecular formula is C15H16OPS+. The Kier molecular flexibility index (Phi) is 4.86. The van der Waals surface area contributed by atoms with Crippen LogP contribution in [0.15, 0.2) is 54.6 Å². The van der Waals surface area contributed by atoms with Crippen LogP contribution < -0.4 is 10.0 Å². The maximum absolute atomic E-state index is 5.59. The van der Waals surface area contributed by atoms with Crippen LogP contribution in [0, 0.1) is 0 Å². The minimum absolute atomic E-state index is 0.459. The van der Waals surface area contributed by atoms with Crippen LogP contribution in [0.1, 0.15) is 5.56 Å². The quantitative estimate of drug-likeness (QED) is 0.772.